The van der Waals surface area contributed by atoms with Crippen LogP contribution in [0.2, 0.25) is 0 Å². The van der Waals surface area contributed by atoms with Crippen molar-refractivity contribution in [1.29, 1.82) is 0 Å². The Hall–Kier alpha value is -0.487. The molecule has 0 saturated heterocycles. The molecule has 0 heterocycles. The SMILES string of the molecule is CC(C)(C)c1ccc(-c2cccc3[cH-]c(CC4CCCCCC4)cc23)cc1.[Cl][Zr][Cl]. The van der Waals surface area contributed by atoms with Crippen LogP contribution in [0.1, 0.15) is 70.4 Å². The Balaban J connectivity index is 0.000000806. The fourth-order valence-corrected chi connectivity index (χ4v) is 4.72. The van der Waals surface area contributed by atoms with Gasteiger partial charge in [0.2, 0.25) is 0 Å². The number of fused-ring (bicyclic) bond motifs is 1. The number of rotatable bonds is 3. The van der Waals surface area contributed by atoms with E-state index in [1.165, 1.54) is 78.0 Å². The van der Waals surface area contributed by atoms with E-state index in [1.54, 1.807) is 0 Å². The van der Waals surface area contributed by atoms with Crippen molar-refractivity contribution in [3.8, 4) is 11.1 Å². The third-order valence-electron chi connectivity index (χ3n) is 6.37. The first-order valence-corrected chi connectivity index (χ1v) is 17.5. The van der Waals surface area contributed by atoms with E-state index >= 15 is 0 Å². The predicted octanol–water partition coefficient (Wildman–Crippen LogP) is 9.41. The first-order valence-electron chi connectivity index (χ1n) is 11.2. The van der Waals surface area contributed by atoms with Crippen molar-refractivity contribution in [3.05, 3.63) is 65.7 Å². The van der Waals surface area contributed by atoms with Crippen molar-refractivity contribution in [1.82, 2.24) is 0 Å². The number of hydrogen-bond acceptors (Lipinski definition) is 0. The van der Waals surface area contributed by atoms with Gasteiger partial charge in [0.1, 0.15) is 0 Å². The van der Waals surface area contributed by atoms with Gasteiger partial charge >= 0.3 is 37.9 Å². The van der Waals surface area contributed by atoms with E-state index in [4.69, 9.17) is 17.0 Å². The molecule has 4 rings (SSSR count). The average Bonchev–Trinajstić information content (AvgIpc) is 2.95. The summed E-state index contributed by atoms with van der Waals surface area (Å²) in [6.07, 6.45) is 9.83. The average molecular weight is 520 g/mol. The van der Waals surface area contributed by atoms with Crippen LogP contribution in [0.5, 0.6) is 0 Å². The molecule has 160 valence electrons. The monoisotopic (exact) mass is 517 g/mol. The first-order chi connectivity index (χ1) is 14.4. The van der Waals surface area contributed by atoms with Gasteiger partial charge in [-0.05, 0) is 28.9 Å². The van der Waals surface area contributed by atoms with Crippen molar-refractivity contribution in [2.75, 3.05) is 0 Å². The van der Waals surface area contributed by atoms with Crippen molar-refractivity contribution >= 4 is 27.8 Å². The molecule has 3 heteroatoms. The zero-order chi connectivity index (χ0) is 21.6. The number of halogens is 2. The fourth-order valence-electron chi connectivity index (χ4n) is 4.72. The fraction of sp³-hybridized carbons (Fsp3) is 0.444. The standard InChI is InChI=1S/C27H33.2ClH.Zr/c1-27(2,3)24-15-13-22(14-16-24)25-12-8-11-23-18-21(19-26(23)25)17-20-9-6-4-5-7-10-20;;;/h8,11-16,18-20H,4-7,9-10,17H2,1-3H3;2*1H;/q-1;;;+2/p-2. The molecule has 0 unspecified atom stereocenters. The van der Waals surface area contributed by atoms with Crippen LogP contribution in [0.25, 0.3) is 21.9 Å². The number of benzene rings is 2. The zero-order valence-electron chi connectivity index (χ0n) is 18.5. The molecule has 1 aliphatic carbocycles. The second kappa shape index (κ2) is 11.4. The minimum absolute atomic E-state index is 0.205. The minimum atomic E-state index is -0.826. The van der Waals surface area contributed by atoms with Gasteiger partial charge in [-0.3, -0.25) is 0 Å². The van der Waals surface area contributed by atoms with Crippen molar-refractivity contribution in [2.45, 2.75) is 71.1 Å². The maximum absolute atomic E-state index is 4.93. The van der Waals surface area contributed by atoms with E-state index < -0.39 is 20.8 Å². The third kappa shape index (κ3) is 6.51. The Morgan fingerprint density at radius 2 is 1.57 bits per heavy atom. The molecule has 0 spiro atoms. The number of hydrogen-bond donors (Lipinski definition) is 0. The second-order valence-electron chi connectivity index (χ2n) is 9.63. The molecule has 0 atom stereocenters. The van der Waals surface area contributed by atoms with Gasteiger partial charge in [-0.25, -0.2) is 0 Å². The summed E-state index contributed by atoms with van der Waals surface area (Å²) in [5, 5.41) is 2.82. The van der Waals surface area contributed by atoms with E-state index in [9.17, 15) is 0 Å². The maximum atomic E-state index is 4.93. The van der Waals surface area contributed by atoms with Crippen LogP contribution in [0, 0.1) is 5.92 Å². The van der Waals surface area contributed by atoms with Gasteiger partial charge in [0.25, 0.3) is 0 Å². The summed E-state index contributed by atoms with van der Waals surface area (Å²) in [4.78, 5) is 0. The molecule has 0 aliphatic heterocycles. The van der Waals surface area contributed by atoms with Gasteiger partial charge < -0.3 is 0 Å². The molecule has 3 aromatic carbocycles. The van der Waals surface area contributed by atoms with Crippen LogP contribution in [-0.4, -0.2) is 0 Å². The van der Waals surface area contributed by atoms with Crippen LogP contribution in [0.3, 0.4) is 0 Å². The second-order valence-corrected chi connectivity index (χ2v) is 13.4. The summed E-state index contributed by atoms with van der Waals surface area (Å²) < 4.78 is 0. The predicted molar refractivity (Wildman–Crippen MR) is 130 cm³/mol. The van der Waals surface area contributed by atoms with Crippen molar-refractivity contribution < 1.29 is 20.8 Å². The van der Waals surface area contributed by atoms with Gasteiger partial charge in [-0.2, -0.15) is 6.07 Å². The molecule has 0 N–H and O–H groups in total. The van der Waals surface area contributed by atoms with Crippen LogP contribution < -0.4 is 0 Å². The molecule has 0 bridgehead atoms. The molecule has 30 heavy (non-hydrogen) atoms. The molecule has 1 saturated carbocycles. The molecule has 0 aromatic heterocycles. The van der Waals surface area contributed by atoms with Crippen molar-refractivity contribution in [3.63, 3.8) is 0 Å². The van der Waals surface area contributed by atoms with Gasteiger partial charge in [-0.1, -0.05) is 95.2 Å². The molecule has 1 aliphatic rings. The molecule has 1 fully saturated rings. The van der Waals surface area contributed by atoms with Gasteiger partial charge in [0.05, 0.1) is 0 Å². The van der Waals surface area contributed by atoms with E-state index in [0.29, 0.717) is 0 Å². The van der Waals surface area contributed by atoms with Crippen LogP contribution in [0.4, 0.5) is 0 Å². The van der Waals surface area contributed by atoms with E-state index in [0.717, 1.165) is 5.92 Å². The van der Waals surface area contributed by atoms with E-state index in [-0.39, 0.29) is 5.41 Å². The zero-order valence-corrected chi connectivity index (χ0v) is 22.4. The molecule has 0 nitrogen and oxygen atoms in total. The molecule has 0 radical (unpaired) electrons. The van der Waals surface area contributed by atoms with Gasteiger partial charge in [0, 0.05) is 0 Å². The summed E-state index contributed by atoms with van der Waals surface area (Å²) in [5.41, 5.74) is 5.85. The van der Waals surface area contributed by atoms with Crippen LogP contribution in [0.15, 0.2) is 54.6 Å². The summed E-state index contributed by atoms with van der Waals surface area (Å²) in [6.45, 7) is 6.83. The van der Waals surface area contributed by atoms with Crippen LogP contribution >= 0.6 is 17.0 Å². The third-order valence-corrected chi connectivity index (χ3v) is 6.37. The van der Waals surface area contributed by atoms with Gasteiger partial charge in [0.15, 0.2) is 0 Å². The Morgan fingerprint density at radius 3 is 2.17 bits per heavy atom. The molecular weight excluding hydrogens is 486 g/mol. The quantitative estimate of drug-likeness (QED) is 0.239. The van der Waals surface area contributed by atoms with Crippen molar-refractivity contribution in [2.24, 2.45) is 5.92 Å². The summed E-state index contributed by atoms with van der Waals surface area (Å²) in [5.74, 6) is 0.888. The normalized spacial score (nSPS) is 15.4. The summed E-state index contributed by atoms with van der Waals surface area (Å²) >= 11 is -0.826. The van der Waals surface area contributed by atoms with E-state index in [1.807, 2.05) is 0 Å². The Labute approximate surface area is 201 Å². The Kier molecular flexibility index (Phi) is 9.18. The van der Waals surface area contributed by atoms with Gasteiger partial charge in [-0.15, -0.1) is 34.5 Å². The summed E-state index contributed by atoms with van der Waals surface area (Å²) in [7, 11) is 9.87. The van der Waals surface area contributed by atoms with Crippen LogP contribution in [-0.2, 0) is 32.7 Å². The topological polar surface area (TPSA) is 0 Å². The van der Waals surface area contributed by atoms with E-state index in [2.05, 4.69) is 75.4 Å². The Bertz CT molecular complexity index is 910. The molecular formula is C27H33Cl2Zr-. The molecule has 0 amide bonds. The molecule has 3 aromatic rings. The first kappa shape index (κ1) is 24.2. The summed E-state index contributed by atoms with van der Waals surface area (Å²) in [6, 6.07) is 20.9. The Morgan fingerprint density at radius 1 is 0.933 bits per heavy atom.